The van der Waals surface area contributed by atoms with Gasteiger partial charge in [-0.2, -0.15) is 12.6 Å². The Hall–Kier alpha value is 0.415. The fourth-order valence-electron chi connectivity index (χ4n) is 0. The van der Waals surface area contributed by atoms with E-state index in [1.165, 1.54) is 0 Å². The Morgan fingerprint density at radius 3 is 1.71 bits per heavy atom. The van der Waals surface area contributed by atoms with Gasteiger partial charge < -0.3 is 0 Å². The minimum absolute atomic E-state index is 0.194. The summed E-state index contributed by atoms with van der Waals surface area (Å²) in [6.07, 6.45) is 0. The van der Waals surface area contributed by atoms with Gasteiger partial charge in [0, 0.05) is 0 Å². The van der Waals surface area contributed by atoms with Gasteiger partial charge in [0.1, 0.15) is 7.85 Å². The van der Waals surface area contributed by atoms with Crippen LogP contribution in [0, 0.1) is 5.92 Å². The lowest BCUT2D eigenvalue weighted by Crippen LogP contribution is -2.23. The lowest BCUT2D eigenvalue weighted by molar-refractivity contribution is 0.598. The van der Waals surface area contributed by atoms with E-state index in [9.17, 15) is 0 Å². The molecule has 0 fully saturated rings. The van der Waals surface area contributed by atoms with E-state index < -0.39 is 0 Å². The van der Waals surface area contributed by atoms with Gasteiger partial charge in [-0.3, -0.25) is 0 Å². The molecule has 0 amide bonds. The van der Waals surface area contributed by atoms with Crippen LogP contribution in [0.3, 0.4) is 0 Å². The molecular formula is C5H13BS. The third kappa shape index (κ3) is 3.04. The molecular weight excluding hydrogens is 103 g/mol. The smallest absolute Gasteiger partial charge is 0.122 e. The van der Waals surface area contributed by atoms with Crippen LogP contribution in [0.2, 0.25) is 0 Å². The summed E-state index contributed by atoms with van der Waals surface area (Å²) in [4.78, 5) is 0. The number of thiol groups is 1. The van der Waals surface area contributed by atoms with Crippen LogP contribution < -0.4 is 0 Å². The first-order valence-electron chi connectivity index (χ1n) is 2.67. The average molecular weight is 116 g/mol. The molecule has 7 heavy (non-hydrogen) atoms. The van der Waals surface area contributed by atoms with E-state index in [0.717, 1.165) is 0 Å². The van der Waals surface area contributed by atoms with Gasteiger partial charge in [0.15, 0.2) is 0 Å². The second-order valence-corrected chi connectivity index (χ2v) is 3.96. The van der Waals surface area contributed by atoms with Crippen LogP contribution >= 0.6 is 12.6 Å². The van der Waals surface area contributed by atoms with Gasteiger partial charge in [-0.1, -0.05) is 20.8 Å². The van der Waals surface area contributed by atoms with E-state index in [0.29, 0.717) is 5.92 Å². The minimum Gasteiger partial charge on any atom is -0.182 e. The van der Waals surface area contributed by atoms with Crippen LogP contribution in [0.1, 0.15) is 20.8 Å². The van der Waals surface area contributed by atoms with Crippen molar-refractivity contribution in [2.24, 2.45) is 5.92 Å². The molecule has 0 N–H and O–H groups in total. The molecule has 0 nitrogen and oxygen atoms in total. The number of hydrogen-bond acceptors (Lipinski definition) is 1. The predicted molar refractivity (Wildman–Crippen MR) is 40.8 cm³/mol. The lowest BCUT2D eigenvalue weighted by Gasteiger charge is -2.21. The van der Waals surface area contributed by atoms with Gasteiger partial charge in [0.05, 0.1) is 0 Å². The highest BCUT2D eigenvalue weighted by Gasteiger charge is 2.15. The second kappa shape index (κ2) is 2.12. The molecule has 0 aromatic rings. The normalized spacial score (nSPS) is 19.6. The van der Waals surface area contributed by atoms with E-state index >= 15 is 0 Å². The van der Waals surface area contributed by atoms with Crippen LogP contribution in [0.15, 0.2) is 0 Å². The Bertz CT molecular complexity index is 53.6. The number of hydrogen-bond donors (Lipinski definition) is 1. The Labute approximate surface area is 52.5 Å². The SMILES string of the molecule is BC(C)(S)C(C)C. The lowest BCUT2D eigenvalue weighted by atomic mass is 9.79. The first kappa shape index (κ1) is 7.41. The van der Waals surface area contributed by atoms with Gasteiger partial charge >= 0.3 is 0 Å². The zero-order valence-electron chi connectivity index (χ0n) is 5.52. The highest BCUT2D eigenvalue weighted by atomic mass is 32.1. The molecule has 0 bridgehead atoms. The van der Waals surface area contributed by atoms with Gasteiger partial charge in [-0.05, 0) is 10.6 Å². The maximum Gasteiger partial charge on any atom is 0.122 e. The Balaban J connectivity index is 3.54. The van der Waals surface area contributed by atoms with E-state index in [1.54, 1.807) is 0 Å². The molecule has 0 aliphatic rings. The first-order chi connectivity index (χ1) is 2.94. The summed E-state index contributed by atoms with van der Waals surface area (Å²) in [6, 6.07) is 0. The van der Waals surface area contributed by atoms with Gasteiger partial charge in [-0.15, -0.1) is 0 Å². The molecule has 0 aromatic carbocycles. The van der Waals surface area contributed by atoms with Crippen LogP contribution in [0.5, 0.6) is 0 Å². The maximum absolute atomic E-state index is 4.35. The summed E-state index contributed by atoms with van der Waals surface area (Å²) in [5.74, 6) is 0.663. The topological polar surface area (TPSA) is 0 Å². The zero-order chi connectivity index (χ0) is 6.08. The van der Waals surface area contributed by atoms with E-state index in [1.807, 2.05) is 0 Å². The third-order valence-corrected chi connectivity index (χ3v) is 1.93. The van der Waals surface area contributed by atoms with Crippen molar-refractivity contribution >= 4 is 20.5 Å². The van der Waals surface area contributed by atoms with E-state index in [-0.39, 0.29) is 4.65 Å². The molecule has 0 radical (unpaired) electrons. The van der Waals surface area contributed by atoms with Crippen molar-refractivity contribution in [3.8, 4) is 0 Å². The summed E-state index contributed by atoms with van der Waals surface area (Å²) in [7, 11) is 2.13. The molecule has 0 spiro atoms. The van der Waals surface area contributed by atoms with Crippen molar-refractivity contribution < 1.29 is 0 Å². The highest BCUT2D eigenvalue weighted by Crippen LogP contribution is 2.18. The summed E-state index contributed by atoms with van der Waals surface area (Å²) < 4.78 is 0.194. The van der Waals surface area contributed by atoms with Crippen molar-refractivity contribution in [2.75, 3.05) is 0 Å². The van der Waals surface area contributed by atoms with E-state index in [2.05, 4.69) is 41.2 Å². The van der Waals surface area contributed by atoms with Gasteiger partial charge in [0.25, 0.3) is 0 Å². The molecule has 0 heterocycles. The quantitative estimate of drug-likeness (QED) is 0.382. The van der Waals surface area contributed by atoms with Crippen molar-refractivity contribution in [2.45, 2.75) is 25.4 Å². The predicted octanol–water partition coefficient (Wildman–Crippen LogP) is 0.921. The minimum atomic E-state index is 0.194. The van der Waals surface area contributed by atoms with Crippen molar-refractivity contribution in [1.82, 2.24) is 0 Å². The standard InChI is InChI=1S/C5H13BS/c1-4(2)5(3,6)7/h4,7H,6H2,1-3H3. The monoisotopic (exact) mass is 116 g/mol. The maximum atomic E-state index is 4.35. The van der Waals surface area contributed by atoms with Crippen LogP contribution in [-0.4, -0.2) is 12.5 Å². The summed E-state index contributed by atoms with van der Waals surface area (Å²) in [5, 5.41) is 0. The van der Waals surface area contributed by atoms with Crippen LogP contribution in [0.25, 0.3) is 0 Å². The number of rotatable bonds is 1. The fourth-order valence-corrected chi connectivity index (χ4v) is 0. The third-order valence-electron chi connectivity index (χ3n) is 1.41. The Morgan fingerprint density at radius 2 is 1.71 bits per heavy atom. The second-order valence-electron chi connectivity index (χ2n) is 2.81. The Morgan fingerprint density at radius 1 is 1.57 bits per heavy atom. The molecule has 1 atom stereocenters. The van der Waals surface area contributed by atoms with Crippen molar-refractivity contribution in [3.63, 3.8) is 0 Å². The molecule has 0 saturated heterocycles. The highest BCUT2D eigenvalue weighted by molar-refractivity contribution is 7.83. The Kier molecular flexibility index (Phi) is 2.25. The molecule has 2 heteroatoms. The molecule has 0 aliphatic carbocycles. The zero-order valence-corrected chi connectivity index (χ0v) is 6.42. The van der Waals surface area contributed by atoms with Crippen LogP contribution in [0.4, 0.5) is 0 Å². The summed E-state index contributed by atoms with van der Waals surface area (Å²) in [6.45, 7) is 6.47. The molecule has 0 aromatic heterocycles. The van der Waals surface area contributed by atoms with Crippen molar-refractivity contribution in [1.29, 1.82) is 0 Å². The summed E-state index contributed by atoms with van der Waals surface area (Å²) >= 11 is 4.35. The first-order valence-corrected chi connectivity index (χ1v) is 3.11. The van der Waals surface area contributed by atoms with Gasteiger partial charge in [0.2, 0.25) is 0 Å². The van der Waals surface area contributed by atoms with Gasteiger partial charge in [-0.25, -0.2) is 0 Å². The molecule has 0 rings (SSSR count). The largest absolute Gasteiger partial charge is 0.182 e. The molecule has 0 saturated carbocycles. The fraction of sp³-hybridized carbons (Fsp3) is 1.00. The molecule has 42 valence electrons. The molecule has 0 aliphatic heterocycles. The van der Waals surface area contributed by atoms with E-state index in [4.69, 9.17) is 0 Å². The van der Waals surface area contributed by atoms with Crippen molar-refractivity contribution in [3.05, 3.63) is 0 Å². The van der Waals surface area contributed by atoms with Crippen LogP contribution in [-0.2, 0) is 0 Å². The average Bonchev–Trinajstić information content (AvgIpc) is 1.31. The molecule has 1 unspecified atom stereocenters. The summed E-state index contributed by atoms with van der Waals surface area (Å²) in [5.41, 5.74) is 0.